The molecule has 1 aromatic rings. The Morgan fingerprint density at radius 3 is 2.60 bits per heavy atom. The van der Waals surface area contributed by atoms with Crippen LogP contribution < -0.4 is 16.4 Å². The summed E-state index contributed by atoms with van der Waals surface area (Å²) in [7, 11) is 1.57. The van der Waals surface area contributed by atoms with Gasteiger partial charge in [-0.1, -0.05) is 12.2 Å². The maximum Gasteiger partial charge on any atom is 0.227 e. The summed E-state index contributed by atoms with van der Waals surface area (Å²) in [6, 6.07) is 3.18. The first kappa shape index (κ1) is 16.8. The molecule has 7 heteroatoms. The van der Waals surface area contributed by atoms with E-state index in [1.807, 2.05) is 0 Å². The fraction of sp³-hybridized carbons (Fsp3) is 0.385. The second-order valence-electron chi connectivity index (χ2n) is 4.97. The largest absolute Gasteiger partial charge is 0.389 e. The highest BCUT2D eigenvalue weighted by Gasteiger charge is 2.26. The molecule has 4 N–H and O–H groups in total. The van der Waals surface area contributed by atoms with Crippen LogP contribution in [-0.4, -0.2) is 24.5 Å². The number of halogens is 2. The predicted octanol–water partition coefficient (Wildman–Crippen LogP) is 2.41. The van der Waals surface area contributed by atoms with Gasteiger partial charge in [0.05, 0.1) is 15.6 Å². The van der Waals surface area contributed by atoms with Crippen molar-refractivity contribution in [3.05, 3.63) is 28.0 Å². The summed E-state index contributed by atoms with van der Waals surface area (Å²) >= 11 is 7.97. The van der Waals surface area contributed by atoms with Crippen LogP contribution in [0.15, 0.2) is 16.6 Å². The van der Waals surface area contributed by atoms with E-state index < -0.39 is 11.2 Å². The van der Waals surface area contributed by atoms with Crippen molar-refractivity contribution in [2.45, 2.75) is 13.8 Å². The molecule has 0 aliphatic carbocycles. The van der Waals surface area contributed by atoms with Crippen LogP contribution in [0.3, 0.4) is 0 Å². The Balaban J connectivity index is 2.93. The lowest BCUT2D eigenvalue weighted by Gasteiger charge is -2.24. The van der Waals surface area contributed by atoms with E-state index in [2.05, 4.69) is 26.6 Å². The Labute approximate surface area is 131 Å². The Kier molecular flexibility index (Phi) is 5.47. The van der Waals surface area contributed by atoms with Crippen LogP contribution in [-0.2, 0) is 4.79 Å². The van der Waals surface area contributed by atoms with E-state index in [0.29, 0.717) is 12.1 Å². The molecule has 1 aromatic carbocycles. The third kappa shape index (κ3) is 3.67. The normalized spacial score (nSPS) is 11.1. The third-order valence-electron chi connectivity index (χ3n) is 2.91. The van der Waals surface area contributed by atoms with Crippen LogP contribution in [0.2, 0.25) is 0 Å². The van der Waals surface area contributed by atoms with E-state index >= 15 is 0 Å². The summed E-state index contributed by atoms with van der Waals surface area (Å²) in [6.45, 7) is 3.84. The summed E-state index contributed by atoms with van der Waals surface area (Å²) in [4.78, 5) is 11.8. The van der Waals surface area contributed by atoms with E-state index in [9.17, 15) is 9.18 Å². The van der Waals surface area contributed by atoms with Gasteiger partial charge in [-0.3, -0.25) is 4.79 Å². The standard InChI is InChI=1S/C13H17BrFN3OS/c1-13(2,12(19)17-3)6-18-8-5-4-7(11(16)20)9(14)10(8)15/h4-5,18H,6H2,1-3H3,(H2,16,20)(H,17,19). The zero-order valence-corrected chi connectivity index (χ0v) is 13.9. The molecule has 0 aliphatic rings. The number of hydrogen-bond donors (Lipinski definition) is 3. The minimum atomic E-state index is -0.657. The number of carbonyl (C=O) groups is 1. The van der Waals surface area contributed by atoms with Gasteiger partial charge in [-0.05, 0) is 41.9 Å². The molecule has 1 rings (SSSR count). The summed E-state index contributed by atoms with van der Waals surface area (Å²) in [5, 5.41) is 5.50. The lowest BCUT2D eigenvalue weighted by Crippen LogP contribution is -2.39. The number of nitrogens with two attached hydrogens (primary N) is 1. The van der Waals surface area contributed by atoms with Crippen LogP contribution >= 0.6 is 28.1 Å². The van der Waals surface area contributed by atoms with Gasteiger partial charge in [0, 0.05) is 19.2 Å². The molecule has 0 spiro atoms. The second-order valence-corrected chi connectivity index (χ2v) is 6.20. The Morgan fingerprint density at radius 1 is 1.50 bits per heavy atom. The van der Waals surface area contributed by atoms with Crippen molar-refractivity contribution >= 4 is 44.7 Å². The molecule has 0 bridgehead atoms. The van der Waals surface area contributed by atoms with Crippen molar-refractivity contribution in [3.63, 3.8) is 0 Å². The van der Waals surface area contributed by atoms with Crippen molar-refractivity contribution in [2.75, 3.05) is 18.9 Å². The average Bonchev–Trinajstić information content (AvgIpc) is 2.39. The molecule has 0 aliphatic heterocycles. The maximum atomic E-state index is 14.2. The number of nitrogens with one attached hydrogen (secondary N) is 2. The quantitative estimate of drug-likeness (QED) is 0.704. The SMILES string of the molecule is CNC(=O)C(C)(C)CNc1ccc(C(N)=S)c(Br)c1F. The van der Waals surface area contributed by atoms with Crippen LogP contribution in [0, 0.1) is 11.2 Å². The maximum absolute atomic E-state index is 14.2. The monoisotopic (exact) mass is 361 g/mol. The highest BCUT2D eigenvalue weighted by Crippen LogP contribution is 2.28. The molecule has 0 aromatic heterocycles. The summed E-state index contributed by atoms with van der Waals surface area (Å²) in [5.41, 5.74) is 5.56. The topological polar surface area (TPSA) is 67.2 Å². The zero-order valence-electron chi connectivity index (χ0n) is 11.5. The average molecular weight is 362 g/mol. The molecule has 0 unspecified atom stereocenters. The van der Waals surface area contributed by atoms with Crippen molar-refractivity contribution in [2.24, 2.45) is 11.1 Å². The third-order valence-corrected chi connectivity index (χ3v) is 3.91. The molecule has 110 valence electrons. The Bertz CT molecular complexity index is 549. The van der Waals surface area contributed by atoms with Crippen molar-refractivity contribution in [1.29, 1.82) is 0 Å². The molecular weight excluding hydrogens is 345 g/mol. The predicted molar refractivity (Wildman–Crippen MR) is 86.3 cm³/mol. The minimum Gasteiger partial charge on any atom is -0.389 e. The lowest BCUT2D eigenvalue weighted by atomic mass is 9.92. The number of anilines is 1. The minimum absolute atomic E-state index is 0.119. The number of thiocarbonyl (C=S) groups is 1. The van der Waals surface area contributed by atoms with Gasteiger partial charge in [-0.25, -0.2) is 4.39 Å². The molecule has 1 amide bonds. The molecule has 0 radical (unpaired) electrons. The number of carbonyl (C=O) groups excluding carboxylic acids is 1. The zero-order chi connectivity index (χ0) is 15.5. The van der Waals surface area contributed by atoms with Gasteiger partial charge < -0.3 is 16.4 Å². The van der Waals surface area contributed by atoms with E-state index in [-0.39, 0.29) is 21.1 Å². The van der Waals surface area contributed by atoms with Gasteiger partial charge in [0.2, 0.25) is 5.91 Å². The Hall–Kier alpha value is -1.21. The molecule has 0 saturated carbocycles. The number of hydrogen-bond acceptors (Lipinski definition) is 3. The van der Waals surface area contributed by atoms with E-state index in [1.54, 1.807) is 33.0 Å². The van der Waals surface area contributed by atoms with Crippen molar-refractivity contribution in [1.82, 2.24) is 5.32 Å². The van der Waals surface area contributed by atoms with E-state index in [0.717, 1.165) is 0 Å². The first-order chi connectivity index (χ1) is 9.20. The summed E-state index contributed by atoms with van der Waals surface area (Å²) < 4.78 is 14.4. The van der Waals surface area contributed by atoms with Gasteiger partial charge in [-0.15, -0.1) is 0 Å². The number of rotatable bonds is 5. The molecule has 0 fully saturated rings. The first-order valence-electron chi connectivity index (χ1n) is 5.94. The highest BCUT2D eigenvalue weighted by atomic mass is 79.9. The number of benzene rings is 1. The van der Waals surface area contributed by atoms with Gasteiger partial charge >= 0.3 is 0 Å². The summed E-state index contributed by atoms with van der Waals surface area (Å²) in [5.74, 6) is -0.604. The smallest absolute Gasteiger partial charge is 0.227 e. The lowest BCUT2D eigenvalue weighted by molar-refractivity contribution is -0.128. The molecule has 0 heterocycles. The van der Waals surface area contributed by atoms with Gasteiger partial charge in [0.25, 0.3) is 0 Å². The van der Waals surface area contributed by atoms with Crippen LogP contribution in [0.25, 0.3) is 0 Å². The summed E-state index contributed by atoms with van der Waals surface area (Å²) in [6.07, 6.45) is 0. The fourth-order valence-electron chi connectivity index (χ4n) is 1.61. The highest BCUT2D eigenvalue weighted by molar-refractivity contribution is 9.10. The molecule has 4 nitrogen and oxygen atoms in total. The van der Waals surface area contributed by atoms with Crippen LogP contribution in [0.4, 0.5) is 10.1 Å². The van der Waals surface area contributed by atoms with Gasteiger partial charge in [0.15, 0.2) is 5.82 Å². The van der Waals surface area contributed by atoms with E-state index in [1.165, 1.54) is 0 Å². The molecular formula is C13H17BrFN3OS. The molecule has 0 atom stereocenters. The van der Waals surface area contributed by atoms with E-state index in [4.69, 9.17) is 18.0 Å². The van der Waals surface area contributed by atoms with Crippen LogP contribution in [0.5, 0.6) is 0 Å². The second kappa shape index (κ2) is 6.49. The first-order valence-corrected chi connectivity index (χ1v) is 7.14. The fourth-order valence-corrected chi connectivity index (χ4v) is 2.47. The van der Waals surface area contributed by atoms with Crippen molar-refractivity contribution < 1.29 is 9.18 Å². The number of amides is 1. The van der Waals surface area contributed by atoms with Crippen LogP contribution in [0.1, 0.15) is 19.4 Å². The molecule has 0 saturated heterocycles. The molecule has 20 heavy (non-hydrogen) atoms. The Morgan fingerprint density at radius 2 is 2.10 bits per heavy atom. The van der Waals surface area contributed by atoms with Gasteiger partial charge in [-0.2, -0.15) is 0 Å². The van der Waals surface area contributed by atoms with Gasteiger partial charge in [0.1, 0.15) is 4.99 Å². The van der Waals surface area contributed by atoms with Crippen molar-refractivity contribution in [3.8, 4) is 0 Å².